The third kappa shape index (κ3) is 5.55. The molecule has 6 nitrogen and oxygen atoms in total. The number of rotatable bonds is 5. The van der Waals surface area contributed by atoms with Crippen LogP contribution in [0, 0.1) is 0 Å². The number of pyridine rings is 1. The molecule has 0 bridgehead atoms. The van der Waals surface area contributed by atoms with Gasteiger partial charge in [0.25, 0.3) is 0 Å². The molecule has 3 heterocycles. The van der Waals surface area contributed by atoms with Crippen LogP contribution in [0.1, 0.15) is 69.0 Å². The van der Waals surface area contributed by atoms with Crippen LogP contribution < -0.4 is 20.3 Å². The number of hydrogen-bond acceptors (Lipinski definition) is 4. The lowest BCUT2D eigenvalue weighted by molar-refractivity contribution is 0.0396. The molecule has 5 rings (SSSR count). The summed E-state index contributed by atoms with van der Waals surface area (Å²) in [6.45, 7) is 5.78. The number of nitrogens with zero attached hydrogens (tertiary/aromatic N) is 3. The van der Waals surface area contributed by atoms with E-state index in [9.17, 15) is 0 Å². The van der Waals surface area contributed by atoms with E-state index in [-0.39, 0.29) is 35.6 Å². The van der Waals surface area contributed by atoms with Crippen molar-refractivity contribution < 1.29 is 4.74 Å². The highest BCUT2D eigenvalue weighted by Gasteiger charge is 2.43. The van der Waals surface area contributed by atoms with Gasteiger partial charge in [0.1, 0.15) is 17.2 Å². The van der Waals surface area contributed by atoms with Gasteiger partial charge in [-0.1, -0.05) is 24.3 Å². The number of nitrogens with one attached hydrogen (secondary N) is 2. The summed E-state index contributed by atoms with van der Waals surface area (Å²) < 4.78 is 6.52. The summed E-state index contributed by atoms with van der Waals surface area (Å²) in [7, 11) is 0. The minimum atomic E-state index is -0.0291. The van der Waals surface area contributed by atoms with E-state index < -0.39 is 0 Å². The molecule has 1 aromatic carbocycles. The van der Waals surface area contributed by atoms with Crippen LogP contribution in [-0.2, 0) is 6.54 Å². The SMILES string of the molecule is CCNC(=NCc1ccc(N2CCCC2)nc1)NC1CC2(CCCC2)Oc2ccccc21.I. The molecule has 2 fully saturated rings. The maximum atomic E-state index is 6.52. The lowest BCUT2D eigenvalue weighted by Gasteiger charge is -2.40. The van der Waals surface area contributed by atoms with Gasteiger partial charge >= 0.3 is 0 Å². The van der Waals surface area contributed by atoms with Gasteiger partial charge in [-0.2, -0.15) is 0 Å². The highest BCUT2D eigenvalue weighted by molar-refractivity contribution is 14.0. The second-order valence-electron chi connectivity index (χ2n) is 9.35. The molecule has 1 saturated carbocycles. The van der Waals surface area contributed by atoms with Gasteiger partial charge in [0.2, 0.25) is 0 Å². The number of aromatic nitrogens is 1. The summed E-state index contributed by atoms with van der Waals surface area (Å²) in [6, 6.07) is 13.0. The molecule has 2 aromatic rings. The number of fused-ring (bicyclic) bond motifs is 1. The van der Waals surface area contributed by atoms with E-state index >= 15 is 0 Å². The summed E-state index contributed by atoms with van der Waals surface area (Å²) in [4.78, 5) is 11.9. The molecule has 1 aromatic heterocycles. The summed E-state index contributed by atoms with van der Waals surface area (Å²) in [6.07, 6.45) is 10.3. The fourth-order valence-electron chi connectivity index (χ4n) is 5.37. The van der Waals surface area contributed by atoms with Crippen LogP contribution in [0.15, 0.2) is 47.6 Å². The predicted octanol–water partition coefficient (Wildman–Crippen LogP) is 5.19. The van der Waals surface area contributed by atoms with Gasteiger partial charge < -0.3 is 20.3 Å². The Bertz CT molecular complexity index is 936. The van der Waals surface area contributed by atoms with E-state index in [2.05, 4.69) is 63.8 Å². The largest absolute Gasteiger partial charge is 0.487 e. The van der Waals surface area contributed by atoms with Gasteiger partial charge in [-0.25, -0.2) is 9.98 Å². The average molecular weight is 562 g/mol. The summed E-state index contributed by atoms with van der Waals surface area (Å²) in [5.41, 5.74) is 2.33. The minimum Gasteiger partial charge on any atom is -0.487 e. The smallest absolute Gasteiger partial charge is 0.192 e. The molecule has 1 unspecified atom stereocenters. The predicted molar refractivity (Wildman–Crippen MR) is 145 cm³/mol. The second kappa shape index (κ2) is 10.9. The van der Waals surface area contributed by atoms with Gasteiger partial charge in [0, 0.05) is 37.8 Å². The molecule has 2 aliphatic heterocycles. The van der Waals surface area contributed by atoms with E-state index in [0.29, 0.717) is 6.54 Å². The normalized spacial score (nSPS) is 21.3. The Morgan fingerprint density at radius 1 is 1.12 bits per heavy atom. The van der Waals surface area contributed by atoms with Crippen molar-refractivity contribution in [3.63, 3.8) is 0 Å². The number of anilines is 1. The van der Waals surface area contributed by atoms with Crippen LogP contribution in [0.3, 0.4) is 0 Å². The van der Waals surface area contributed by atoms with Crippen LogP contribution >= 0.6 is 24.0 Å². The van der Waals surface area contributed by atoms with Crippen molar-refractivity contribution in [1.82, 2.24) is 15.6 Å². The van der Waals surface area contributed by atoms with Gasteiger partial charge in [-0.15, -0.1) is 24.0 Å². The van der Waals surface area contributed by atoms with E-state index in [1.807, 2.05) is 6.20 Å². The van der Waals surface area contributed by atoms with Crippen molar-refractivity contribution in [2.24, 2.45) is 4.99 Å². The number of hydrogen-bond donors (Lipinski definition) is 2. The van der Waals surface area contributed by atoms with Crippen LogP contribution in [0.4, 0.5) is 5.82 Å². The molecular weight excluding hydrogens is 525 g/mol. The van der Waals surface area contributed by atoms with E-state index in [1.54, 1.807) is 0 Å². The van der Waals surface area contributed by atoms with E-state index in [1.165, 1.54) is 31.2 Å². The molecule has 2 N–H and O–H groups in total. The molecule has 1 spiro atoms. The molecule has 7 heteroatoms. The van der Waals surface area contributed by atoms with Crippen molar-refractivity contribution in [2.75, 3.05) is 24.5 Å². The maximum Gasteiger partial charge on any atom is 0.192 e. The van der Waals surface area contributed by atoms with Gasteiger partial charge in [0.15, 0.2) is 5.96 Å². The number of aliphatic imine (C=N–C) groups is 1. The maximum absolute atomic E-state index is 6.52. The van der Waals surface area contributed by atoms with Crippen LogP contribution in [-0.4, -0.2) is 36.2 Å². The Hall–Kier alpha value is -2.03. The summed E-state index contributed by atoms with van der Waals surface area (Å²) in [5, 5.41) is 7.16. The summed E-state index contributed by atoms with van der Waals surface area (Å²) >= 11 is 0. The molecule has 3 aliphatic rings. The lowest BCUT2D eigenvalue weighted by atomic mass is 9.86. The van der Waals surface area contributed by atoms with Gasteiger partial charge in [0.05, 0.1) is 12.6 Å². The van der Waals surface area contributed by atoms with Gasteiger partial charge in [-0.05, 0) is 63.1 Å². The molecule has 1 saturated heterocycles. The molecule has 33 heavy (non-hydrogen) atoms. The Labute approximate surface area is 214 Å². The number of halogens is 1. The molecule has 1 aliphatic carbocycles. The fraction of sp³-hybridized carbons (Fsp3) is 0.538. The van der Waals surface area contributed by atoms with E-state index in [4.69, 9.17) is 9.73 Å². The van der Waals surface area contributed by atoms with Crippen LogP contribution in [0.5, 0.6) is 5.75 Å². The third-order valence-corrected chi connectivity index (χ3v) is 7.03. The molecule has 0 amide bonds. The molecule has 1 atom stereocenters. The van der Waals surface area contributed by atoms with Crippen LogP contribution in [0.2, 0.25) is 0 Å². The van der Waals surface area contributed by atoms with Crippen molar-refractivity contribution in [1.29, 1.82) is 0 Å². The molecular formula is C26H36IN5O. The topological polar surface area (TPSA) is 61.8 Å². The first-order valence-corrected chi connectivity index (χ1v) is 12.3. The summed E-state index contributed by atoms with van der Waals surface area (Å²) in [5.74, 6) is 2.96. The molecule has 0 radical (unpaired) electrons. The Morgan fingerprint density at radius 3 is 2.64 bits per heavy atom. The zero-order valence-electron chi connectivity index (χ0n) is 19.6. The Morgan fingerprint density at radius 2 is 1.91 bits per heavy atom. The number of para-hydroxylation sites is 1. The number of ether oxygens (including phenoxy) is 1. The first-order valence-electron chi connectivity index (χ1n) is 12.3. The monoisotopic (exact) mass is 561 g/mol. The van der Waals surface area contributed by atoms with Gasteiger partial charge in [-0.3, -0.25) is 0 Å². The zero-order valence-corrected chi connectivity index (χ0v) is 21.9. The number of guanidine groups is 1. The van der Waals surface area contributed by atoms with E-state index in [0.717, 1.165) is 62.0 Å². The van der Waals surface area contributed by atoms with Crippen molar-refractivity contribution in [2.45, 2.75) is 70.1 Å². The lowest BCUT2D eigenvalue weighted by Crippen LogP contribution is -2.46. The highest BCUT2D eigenvalue weighted by atomic mass is 127. The number of benzene rings is 1. The van der Waals surface area contributed by atoms with Crippen molar-refractivity contribution in [3.8, 4) is 5.75 Å². The first-order chi connectivity index (χ1) is 15.7. The van der Waals surface area contributed by atoms with Crippen LogP contribution in [0.25, 0.3) is 0 Å². The Balaban J connectivity index is 0.00000259. The highest BCUT2D eigenvalue weighted by Crippen LogP contribution is 2.46. The van der Waals surface area contributed by atoms with Crippen molar-refractivity contribution >= 4 is 35.8 Å². The minimum absolute atomic E-state index is 0. The third-order valence-electron chi connectivity index (χ3n) is 7.03. The molecule has 178 valence electrons. The standard InChI is InChI=1S/C26H35N5O.HI/c1-2-27-25(29-19-20-11-12-24(28-18-20)31-15-7-8-16-31)30-22-17-26(13-5-6-14-26)32-23-10-4-3-9-21(22)23;/h3-4,9-12,18,22H,2,5-8,13-17,19H2,1H3,(H2,27,29,30);1H. The zero-order chi connectivity index (χ0) is 21.8. The first kappa shape index (κ1) is 24.1. The average Bonchev–Trinajstić information content (AvgIpc) is 3.51. The fourth-order valence-corrected chi connectivity index (χ4v) is 5.37. The second-order valence-corrected chi connectivity index (χ2v) is 9.35. The Kier molecular flexibility index (Phi) is 7.98. The quantitative estimate of drug-likeness (QED) is 0.299. The van der Waals surface area contributed by atoms with Crippen molar-refractivity contribution in [3.05, 3.63) is 53.7 Å².